The maximum absolute atomic E-state index is 11.8. The van der Waals surface area contributed by atoms with E-state index in [-0.39, 0.29) is 6.09 Å². The lowest BCUT2D eigenvalue weighted by atomic mass is 10.2. The van der Waals surface area contributed by atoms with E-state index in [2.05, 4.69) is 0 Å². The van der Waals surface area contributed by atoms with Crippen molar-refractivity contribution in [1.82, 2.24) is 4.90 Å². The average molecular weight is 280 g/mol. The van der Waals surface area contributed by atoms with Crippen molar-refractivity contribution in [3.63, 3.8) is 0 Å². The second kappa shape index (κ2) is 5.33. The topological polar surface area (TPSA) is 55.6 Å². The van der Waals surface area contributed by atoms with E-state index in [1.165, 1.54) is 4.90 Å². The molecule has 5 heteroatoms. The van der Waals surface area contributed by atoms with Crippen LogP contribution in [0.4, 0.5) is 10.5 Å². The Morgan fingerprint density at radius 1 is 1.32 bits per heavy atom. The van der Waals surface area contributed by atoms with Gasteiger partial charge in [-0.05, 0) is 45.0 Å². The lowest BCUT2D eigenvalue weighted by molar-refractivity contribution is 0.0144. The van der Waals surface area contributed by atoms with Gasteiger partial charge in [0.15, 0.2) is 0 Å². The highest BCUT2D eigenvalue weighted by Gasteiger charge is 2.34. The molecule has 104 valence electrons. The van der Waals surface area contributed by atoms with Gasteiger partial charge in [0, 0.05) is 28.9 Å². The predicted octanol–water partition coefficient (Wildman–Crippen LogP) is 2.98. The van der Waals surface area contributed by atoms with E-state index < -0.39 is 5.60 Å². The fourth-order valence-corrected chi connectivity index (χ4v) is 2.91. The quantitative estimate of drug-likeness (QED) is 0.846. The van der Waals surface area contributed by atoms with Gasteiger partial charge < -0.3 is 15.4 Å². The highest BCUT2D eigenvalue weighted by atomic mass is 32.2. The molecule has 0 saturated carbocycles. The number of likely N-dealkylation sites (tertiary alicyclic amines) is 1. The number of amides is 1. The zero-order chi connectivity index (χ0) is 14.0. The minimum absolute atomic E-state index is 0.221. The molecule has 1 aliphatic rings. The summed E-state index contributed by atoms with van der Waals surface area (Å²) in [5, 5.41) is 0.441. The molecule has 19 heavy (non-hydrogen) atoms. The molecule has 1 amide bonds. The van der Waals surface area contributed by atoms with Crippen molar-refractivity contribution in [2.45, 2.75) is 36.5 Å². The number of nitrogens with zero attached hydrogens (tertiary/aromatic N) is 1. The third-order valence-electron chi connectivity index (χ3n) is 2.68. The predicted molar refractivity (Wildman–Crippen MR) is 78.3 cm³/mol. The highest BCUT2D eigenvalue weighted by Crippen LogP contribution is 2.30. The molecule has 0 aliphatic carbocycles. The molecule has 2 N–H and O–H groups in total. The first-order valence-electron chi connectivity index (χ1n) is 6.33. The number of nitrogen functional groups attached to an aromatic ring is 1. The first kappa shape index (κ1) is 14.1. The van der Waals surface area contributed by atoms with Crippen LogP contribution in [0.1, 0.15) is 20.8 Å². The number of benzene rings is 1. The molecule has 1 aromatic rings. The van der Waals surface area contributed by atoms with Crippen LogP contribution in [0.5, 0.6) is 0 Å². The summed E-state index contributed by atoms with van der Waals surface area (Å²) in [6.07, 6.45) is -0.221. The summed E-state index contributed by atoms with van der Waals surface area (Å²) in [6, 6.07) is 7.81. The molecule has 0 aromatic heterocycles. The molecule has 0 bridgehead atoms. The van der Waals surface area contributed by atoms with Crippen molar-refractivity contribution < 1.29 is 9.53 Å². The third-order valence-corrected chi connectivity index (χ3v) is 3.86. The van der Waals surface area contributed by atoms with Crippen molar-refractivity contribution in [3.8, 4) is 0 Å². The number of carbonyl (C=O) groups excluding carboxylic acids is 1. The van der Waals surface area contributed by atoms with Crippen molar-refractivity contribution >= 4 is 23.5 Å². The van der Waals surface area contributed by atoms with Gasteiger partial charge in [-0.25, -0.2) is 4.79 Å². The number of nitrogens with two attached hydrogens (primary N) is 1. The van der Waals surface area contributed by atoms with Gasteiger partial charge in [0.05, 0.1) is 0 Å². The zero-order valence-corrected chi connectivity index (χ0v) is 12.4. The van der Waals surface area contributed by atoms with E-state index in [1.54, 1.807) is 16.7 Å². The molecule has 0 unspecified atom stereocenters. The van der Waals surface area contributed by atoms with Crippen LogP contribution in [0.3, 0.4) is 0 Å². The van der Waals surface area contributed by atoms with Crippen LogP contribution in [0, 0.1) is 0 Å². The van der Waals surface area contributed by atoms with E-state index in [0.29, 0.717) is 5.25 Å². The van der Waals surface area contributed by atoms with Crippen LogP contribution in [0.25, 0.3) is 0 Å². The fourth-order valence-electron chi connectivity index (χ4n) is 1.73. The lowest BCUT2D eigenvalue weighted by Crippen LogP contribution is -2.53. The molecule has 1 saturated heterocycles. The Balaban J connectivity index is 1.77. The smallest absolute Gasteiger partial charge is 0.410 e. The van der Waals surface area contributed by atoms with Gasteiger partial charge >= 0.3 is 6.09 Å². The highest BCUT2D eigenvalue weighted by molar-refractivity contribution is 8.00. The molecule has 1 fully saturated rings. The van der Waals surface area contributed by atoms with Gasteiger partial charge in [-0.1, -0.05) is 0 Å². The van der Waals surface area contributed by atoms with E-state index in [4.69, 9.17) is 10.5 Å². The van der Waals surface area contributed by atoms with Gasteiger partial charge in [-0.15, -0.1) is 11.8 Å². The van der Waals surface area contributed by atoms with Crippen LogP contribution in [-0.2, 0) is 4.74 Å². The normalized spacial score (nSPS) is 16.1. The number of carbonyl (C=O) groups is 1. The largest absolute Gasteiger partial charge is 0.444 e. The molecule has 0 radical (unpaired) electrons. The number of hydrogen-bond donors (Lipinski definition) is 1. The number of ether oxygens (including phenoxy) is 1. The van der Waals surface area contributed by atoms with Gasteiger partial charge in [0.1, 0.15) is 5.60 Å². The summed E-state index contributed by atoms with van der Waals surface area (Å²) < 4.78 is 5.32. The molecule has 4 nitrogen and oxygen atoms in total. The SMILES string of the molecule is CC(C)(C)OC(=O)N1CC(Sc2ccc(N)cc2)C1. The van der Waals surface area contributed by atoms with Crippen LogP contribution < -0.4 is 5.73 Å². The molecule has 1 heterocycles. The molecule has 1 aliphatic heterocycles. The zero-order valence-electron chi connectivity index (χ0n) is 11.6. The van der Waals surface area contributed by atoms with Crippen LogP contribution in [-0.4, -0.2) is 34.9 Å². The molecular formula is C14H20N2O2S. The molecule has 0 spiro atoms. The number of thioether (sulfide) groups is 1. The first-order chi connectivity index (χ1) is 8.83. The van der Waals surface area contributed by atoms with Crippen LogP contribution >= 0.6 is 11.8 Å². The van der Waals surface area contributed by atoms with Crippen LogP contribution in [0.15, 0.2) is 29.2 Å². The Bertz CT molecular complexity index is 448. The summed E-state index contributed by atoms with van der Waals surface area (Å²) in [7, 11) is 0. The summed E-state index contributed by atoms with van der Waals surface area (Å²) >= 11 is 1.77. The van der Waals surface area contributed by atoms with Gasteiger partial charge in [0.25, 0.3) is 0 Å². The summed E-state index contributed by atoms with van der Waals surface area (Å²) in [4.78, 5) is 14.7. The second-order valence-corrected chi connectivity index (χ2v) is 7.07. The van der Waals surface area contributed by atoms with Crippen LogP contribution in [0.2, 0.25) is 0 Å². The molecule has 1 aromatic carbocycles. The average Bonchev–Trinajstić information content (AvgIpc) is 2.22. The molecule has 0 atom stereocenters. The Morgan fingerprint density at radius 2 is 1.89 bits per heavy atom. The Morgan fingerprint density at radius 3 is 2.42 bits per heavy atom. The summed E-state index contributed by atoms with van der Waals surface area (Å²) in [6.45, 7) is 7.12. The van der Waals surface area contributed by atoms with Crippen molar-refractivity contribution in [2.75, 3.05) is 18.8 Å². The fraction of sp³-hybridized carbons (Fsp3) is 0.500. The number of rotatable bonds is 2. The number of hydrogen-bond acceptors (Lipinski definition) is 4. The Hall–Kier alpha value is -1.36. The summed E-state index contributed by atoms with van der Waals surface area (Å²) in [5.74, 6) is 0. The Kier molecular flexibility index (Phi) is 3.94. The lowest BCUT2D eigenvalue weighted by Gasteiger charge is -2.39. The standard InChI is InChI=1S/C14H20N2O2S/c1-14(2,3)18-13(17)16-8-12(9-16)19-11-6-4-10(15)5-7-11/h4-7,12H,8-9,15H2,1-3H3. The second-order valence-electron chi connectivity index (χ2n) is 5.69. The minimum atomic E-state index is -0.424. The Labute approximate surface area is 118 Å². The van der Waals surface area contributed by atoms with E-state index in [0.717, 1.165) is 18.8 Å². The molecule has 2 rings (SSSR count). The monoisotopic (exact) mass is 280 g/mol. The minimum Gasteiger partial charge on any atom is -0.444 e. The van der Waals surface area contributed by atoms with E-state index in [1.807, 2.05) is 45.0 Å². The van der Waals surface area contributed by atoms with Gasteiger partial charge in [-0.3, -0.25) is 0 Å². The maximum Gasteiger partial charge on any atom is 0.410 e. The van der Waals surface area contributed by atoms with E-state index in [9.17, 15) is 4.79 Å². The van der Waals surface area contributed by atoms with Crippen molar-refractivity contribution in [2.24, 2.45) is 0 Å². The van der Waals surface area contributed by atoms with E-state index >= 15 is 0 Å². The van der Waals surface area contributed by atoms with Gasteiger partial charge in [0.2, 0.25) is 0 Å². The summed E-state index contributed by atoms with van der Waals surface area (Å²) in [5.41, 5.74) is 5.99. The first-order valence-corrected chi connectivity index (χ1v) is 7.21. The maximum atomic E-state index is 11.8. The number of anilines is 1. The van der Waals surface area contributed by atoms with Crippen molar-refractivity contribution in [1.29, 1.82) is 0 Å². The third kappa shape index (κ3) is 4.06. The van der Waals surface area contributed by atoms with Gasteiger partial charge in [-0.2, -0.15) is 0 Å². The van der Waals surface area contributed by atoms with Crippen molar-refractivity contribution in [3.05, 3.63) is 24.3 Å². The molecular weight excluding hydrogens is 260 g/mol.